The van der Waals surface area contributed by atoms with Crippen LogP contribution in [-0.4, -0.2) is 30.4 Å². The van der Waals surface area contributed by atoms with Crippen molar-refractivity contribution in [3.05, 3.63) is 0 Å². The molecule has 5 nitrogen and oxygen atoms in total. The van der Waals surface area contributed by atoms with E-state index in [4.69, 9.17) is 5.73 Å². The van der Waals surface area contributed by atoms with E-state index >= 15 is 0 Å². The van der Waals surface area contributed by atoms with Gasteiger partial charge in [0.05, 0.1) is 0 Å². The summed E-state index contributed by atoms with van der Waals surface area (Å²) in [5.41, 5.74) is 5.68. The summed E-state index contributed by atoms with van der Waals surface area (Å²) in [5.74, 6) is 0.116. The molecule has 0 aromatic carbocycles. The van der Waals surface area contributed by atoms with Crippen LogP contribution in [0.2, 0.25) is 0 Å². The molecule has 0 rings (SSSR count). The Bertz CT molecular complexity index is 303. The smallest absolute Gasteiger partial charge is 0.242 e. The van der Waals surface area contributed by atoms with Crippen molar-refractivity contribution in [2.24, 2.45) is 17.6 Å². The van der Waals surface area contributed by atoms with E-state index in [0.717, 1.165) is 19.3 Å². The van der Waals surface area contributed by atoms with Gasteiger partial charge in [0.2, 0.25) is 11.8 Å². The van der Waals surface area contributed by atoms with Crippen LogP contribution in [0.4, 0.5) is 0 Å². The molecule has 0 radical (unpaired) electrons. The molecule has 4 N–H and O–H groups in total. The topological polar surface area (TPSA) is 84.2 Å². The van der Waals surface area contributed by atoms with E-state index in [9.17, 15) is 9.59 Å². The zero-order valence-corrected chi connectivity index (χ0v) is 13.5. The molecule has 0 fully saturated rings. The Morgan fingerprint density at radius 2 is 1.60 bits per heavy atom. The normalized spacial score (nSPS) is 15.6. The number of amides is 2. The quantitative estimate of drug-likeness (QED) is 0.599. The lowest BCUT2D eigenvalue weighted by Crippen LogP contribution is -2.47. The molecule has 0 heterocycles. The minimum Gasteiger partial charge on any atom is -0.354 e. The van der Waals surface area contributed by atoms with E-state index in [1.165, 1.54) is 0 Å². The van der Waals surface area contributed by atoms with Crippen molar-refractivity contribution < 1.29 is 9.59 Å². The van der Waals surface area contributed by atoms with Crippen molar-refractivity contribution in [3.8, 4) is 0 Å². The van der Waals surface area contributed by atoms with E-state index in [2.05, 4.69) is 10.6 Å². The Labute approximate surface area is 123 Å². The summed E-state index contributed by atoms with van der Waals surface area (Å²) in [6, 6.07) is -0.317. The molecule has 0 saturated heterocycles. The van der Waals surface area contributed by atoms with Crippen LogP contribution in [0.1, 0.15) is 53.9 Å². The zero-order valence-electron chi connectivity index (χ0n) is 13.5. The third-order valence-corrected chi connectivity index (χ3v) is 3.18. The van der Waals surface area contributed by atoms with Crippen LogP contribution in [0.5, 0.6) is 0 Å². The first kappa shape index (κ1) is 18.9. The van der Waals surface area contributed by atoms with E-state index in [1.54, 1.807) is 6.92 Å². The number of carbonyl (C=O) groups is 2. The SMILES string of the molecule is CC(C)CNC(=O)C(C)NC(=O)C(C)CCCC(C)N. The third-order valence-electron chi connectivity index (χ3n) is 3.18. The first-order valence-corrected chi connectivity index (χ1v) is 7.57. The second-order valence-corrected chi connectivity index (χ2v) is 6.18. The lowest BCUT2D eigenvalue weighted by Gasteiger charge is -2.18. The molecule has 5 heteroatoms. The molecule has 2 amide bonds. The molecule has 118 valence electrons. The summed E-state index contributed by atoms with van der Waals surface area (Å²) in [6.45, 7) is 10.3. The average molecular weight is 285 g/mol. The van der Waals surface area contributed by atoms with Crippen molar-refractivity contribution in [2.75, 3.05) is 6.54 Å². The Balaban J connectivity index is 4.01. The molecule has 0 aromatic rings. The van der Waals surface area contributed by atoms with Crippen molar-refractivity contribution in [1.29, 1.82) is 0 Å². The van der Waals surface area contributed by atoms with E-state index in [-0.39, 0.29) is 23.8 Å². The average Bonchev–Trinajstić information content (AvgIpc) is 2.34. The number of hydrogen-bond acceptors (Lipinski definition) is 3. The number of hydrogen-bond donors (Lipinski definition) is 3. The van der Waals surface area contributed by atoms with Gasteiger partial charge in [0, 0.05) is 18.5 Å². The van der Waals surface area contributed by atoms with Gasteiger partial charge in [0.15, 0.2) is 0 Å². The van der Waals surface area contributed by atoms with Crippen LogP contribution in [0.25, 0.3) is 0 Å². The maximum absolute atomic E-state index is 11.9. The van der Waals surface area contributed by atoms with Crippen LogP contribution < -0.4 is 16.4 Å². The Morgan fingerprint density at radius 1 is 1.00 bits per heavy atom. The van der Waals surface area contributed by atoms with E-state index in [1.807, 2.05) is 27.7 Å². The van der Waals surface area contributed by atoms with Gasteiger partial charge in [0.25, 0.3) is 0 Å². The van der Waals surface area contributed by atoms with E-state index < -0.39 is 6.04 Å². The minimum atomic E-state index is -0.489. The Morgan fingerprint density at radius 3 is 2.10 bits per heavy atom. The molecule has 0 aliphatic carbocycles. The van der Waals surface area contributed by atoms with Crippen LogP contribution in [0, 0.1) is 11.8 Å². The number of nitrogens with one attached hydrogen (secondary N) is 2. The molecule has 3 unspecified atom stereocenters. The largest absolute Gasteiger partial charge is 0.354 e. The van der Waals surface area contributed by atoms with Crippen LogP contribution in [0.15, 0.2) is 0 Å². The predicted molar refractivity (Wildman–Crippen MR) is 82.1 cm³/mol. The number of nitrogens with two attached hydrogens (primary N) is 1. The standard InChI is InChI=1S/C15H31N3O2/c1-10(2)9-17-15(20)13(5)18-14(19)11(3)7-6-8-12(4)16/h10-13H,6-9,16H2,1-5H3,(H,17,20)(H,18,19). The lowest BCUT2D eigenvalue weighted by atomic mass is 10.0. The monoisotopic (exact) mass is 285 g/mol. The van der Waals surface area contributed by atoms with Gasteiger partial charge in [-0.25, -0.2) is 0 Å². The van der Waals surface area contributed by atoms with Crippen molar-refractivity contribution in [3.63, 3.8) is 0 Å². The number of carbonyl (C=O) groups excluding carboxylic acids is 2. The van der Waals surface area contributed by atoms with Crippen molar-refractivity contribution in [2.45, 2.75) is 66.0 Å². The Kier molecular flexibility index (Phi) is 9.21. The molecule has 0 aromatic heterocycles. The van der Waals surface area contributed by atoms with Gasteiger partial charge in [0.1, 0.15) is 6.04 Å². The maximum atomic E-state index is 11.9. The fraction of sp³-hybridized carbons (Fsp3) is 0.867. The lowest BCUT2D eigenvalue weighted by molar-refractivity contribution is -0.130. The van der Waals surface area contributed by atoms with E-state index in [0.29, 0.717) is 12.5 Å². The predicted octanol–water partition coefficient (Wildman–Crippen LogP) is 1.42. The summed E-state index contributed by atoms with van der Waals surface area (Å²) in [6.07, 6.45) is 2.65. The molecular weight excluding hydrogens is 254 g/mol. The van der Waals surface area contributed by atoms with Gasteiger partial charge in [-0.05, 0) is 32.6 Å². The molecule has 0 bridgehead atoms. The van der Waals surface area contributed by atoms with Gasteiger partial charge >= 0.3 is 0 Å². The van der Waals surface area contributed by atoms with Gasteiger partial charge in [-0.1, -0.05) is 27.2 Å². The first-order valence-electron chi connectivity index (χ1n) is 7.57. The van der Waals surface area contributed by atoms with Gasteiger partial charge in [-0.3, -0.25) is 9.59 Å². The van der Waals surface area contributed by atoms with Crippen LogP contribution in [-0.2, 0) is 9.59 Å². The van der Waals surface area contributed by atoms with Crippen molar-refractivity contribution >= 4 is 11.8 Å². The summed E-state index contributed by atoms with van der Waals surface area (Å²) >= 11 is 0. The number of rotatable bonds is 9. The summed E-state index contributed by atoms with van der Waals surface area (Å²) < 4.78 is 0. The summed E-state index contributed by atoms with van der Waals surface area (Å²) in [7, 11) is 0. The third kappa shape index (κ3) is 8.91. The second-order valence-electron chi connectivity index (χ2n) is 6.18. The molecular formula is C15H31N3O2. The van der Waals surface area contributed by atoms with Gasteiger partial charge in [-0.2, -0.15) is 0 Å². The highest BCUT2D eigenvalue weighted by atomic mass is 16.2. The molecule has 3 atom stereocenters. The first-order chi connectivity index (χ1) is 9.23. The zero-order chi connectivity index (χ0) is 15.7. The fourth-order valence-corrected chi connectivity index (χ4v) is 1.76. The highest BCUT2D eigenvalue weighted by Crippen LogP contribution is 2.09. The van der Waals surface area contributed by atoms with Crippen LogP contribution >= 0.6 is 0 Å². The molecule has 20 heavy (non-hydrogen) atoms. The fourth-order valence-electron chi connectivity index (χ4n) is 1.76. The molecule has 0 aliphatic heterocycles. The summed E-state index contributed by atoms with van der Waals surface area (Å²) in [5, 5.41) is 5.57. The van der Waals surface area contributed by atoms with Crippen molar-refractivity contribution in [1.82, 2.24) is 10.6 Å². The molecule has 0 saturated carbocycles. The second kappa shape index (κ2) is 9.75. The highest BCUT2D eigenvalue weighted by molar-refractivity contribution is 5.87. The van der Waals surface area contributed by atoms with Crippen LogP contribution in [0.3, 0.4) is 0 Å². The van der Waals surface area contributed by atoms with Gasteiger partial charge < -0.3 is 16.4 Å². The Hall–Kier alpha value is -1.10. The minimum absolute atomic E-state index is 0.0677. The summed E-state index contributed by atoms with van der Waals surface area (Å²) in [4.78, 5) is 23.7. The molecule has 0 aliphatic rings. The van der Waals surface area contributed by atoms with Gasteiger partial charge in [-0.15, -0.1) is 0 Å². The molecule has 0 spiro atoms. The maximum Gasteiger partial charge on any atom is 0.242 e. The highest BCUT2D eigenvalue weighted by Gasteiger charge is 2.19.